The van der Waals surface area contributed by atoms with Crippen molar-refractivity contribution in [3.05, 3.63) is 11.6 Å². The van der Waals surface area contributed by atoms with Crippen LogP contribution in [0.15, 0.2) is 11.6 Å². The van der Waals surface area contributed by atoms with E-state index in [1.54, 1.807) is 0 Å². The Labute approximate surface area is 179 Å². The van der Waals surface area contributed by atoms with Crippen LogP contribution in [0, 0.1) is 51.8 Å². The largest absolute Gasteiger partial charge is 0.550 e. The van der Waals surface area contributed by atoms with E-state index in [1.165, 1.54) is 5.57 Å². The zero-order chi connectivity index (χ0) is 21.6. The Morgan fingerprint density at radius 2 is 1.77 bits per heavy atom. The van der Waals surface area contributed by atoms with Crippen molar-refractivity contribution in [1.82, 2.24) is 0 Å². The number of aliphatic carboxylic acids is 1. The van der Waals surface area contributed by atoms with E-state index in [9.17, 15) is 19.5 Å². The Morgan fingerprint density at radius 3 is 2.43 bits per heavy atom. The summed E-state index contributed by atoms with van der Waals surface area (Å²) in [5.74, 6) is 0.261. The van der Waals surface area contributed by atoms with Gasteiger partial charge in [-0.3, -0.25) is 9.59 Å². The molecule has 2 bridgehead atoms. The minimum absolute atomic E-state index is 0.0856. The predicted octanol–water partition coefficient (Wildman–Crippen LogP) is 3.73. The molecule has 0 unspecified atom stereocenters. The van der Waals surface area contributed by atoms with Crippen LogP contribution in [-0.2, 0) is 14.4 Å². The van der Waals surface area contributed by atoms with Gasteiger partial charge in [0.05, 0.1) is 0 Å². The minimum atomic E-state index is -0.907. The maximum Gasteiger partial charge on any atom is 0.138 e. The van der Waals surface area contributed by atoms with E-state index in [4.69, 9.17) is 0 Å². The van der Waals surface area contributed by atoms with Crippen LogP contribution in [0.25, 0.3) is 0 Å². The van der Waals surface area contributed by atoms with Crippen LogP contribution in [0.3, 0.4) is 0 Å². The topological polar surface area (TPSA) is 74.3 Å². The summed E-state index contributed by atoms with van der Waals surface area (Å²) in [6.07, 6.45) is 8.45. The van der Waals surface area contributed by atoms with Gasteiger partial charge in [-0.05, 0) is 61.2 Å². The van der Waals surface area contributed by atoms with Crippen molar-refractivity contribution in [2.45, 2.75) is 79.1 Å². The van der Waals surface area contributed by atoms with Gasteiger partial charge in [0.25, 0.3) is 0 Å². The van der Waals surface area contributed by atoms with Crippen LogP contribution in [0.4, 0.5) is 0 Å². The normalized spacial score (nSPS) is 49.9. The predicted molar refractivity (Wildman–Crippen MR) is 111 cm³/mol. The van der Waals surface area contributed by atoms with Gasteiger partial charge in [0.15, 0.2) is 0 Å². The highest BCUT2D eigenvalue weighted by Gasteiger charge is 2.70. The maximum atomic E-state index is 13.3. The second kappa shape index (κ2) is 6.29. The molecule has 0 radical (unpaired) electrons. The molecule has 0 N–H and O–H groups in total. The van der Waals surface area contributed by atoms with E-state index in [0.717, 1.165) is 32.1 Å². The number of carboxylic acids is 1. The number of carbonyl (C=O) groups excluding carboxylic acids is 3. The fraction of sp³-hybridized carbons (Fsp3) is 0.808. The molecule has 0 aromatic heterocycles. The zero-order valence-corrected chi connectivity index (χ0v) is 18.8. The van der Waals surface area contributed by atoms with Crippen molar-refractivity contribution < 1.29 is 19.5 Å². The Kier molecular flexibility index (Phi) is 4.29. The van der Waals surface area contributed by atoms with Crippen LogP contribution in [0.5, 0.6) is 0 Å². The van der Waals surface area contributed by atoms with Crippen molar-refractivity contribution >= 4 is 17.5 Å². The van der Waals surface area contributed by atoms with Crippen LogP contribution in [-0.4, -0.2) is 17.5 Å². The van der Waals surface area contributed by atoms with Gasteiger partial charge in [0.1, 0.15) is 11.6 Å². The number of rotatable bonds is 2. The van der Waals surface area contributed by atoms with Crippen molar-refractivity contribution in [1.29, 1.82) is 0 Å². The molecule has 4 nitrogen and oxygen atoms in total. The molecule has 4 fully saturated rings. The lowest BCUT2D eigenvalue weighted by molar-refractivity contribution is -0.328. The highest BCUT2D eigenvalue weighted by atomic mass is 16.4. The summed E-state index contributed by atoms with van der Waals surface area (Å²) in [5, 5.41) is 12.2. The molecule has 6 aliphatic carbocycles. The van der Waals surface area contributed by atoms with Crippen LogP contribution in [0.2, 0.25) is 0 Å². The Bertz CT molecular complexity index is 855. The number of ketones is 2. The SMILES string of the molecule is CC(C)C1=C[C@@]23CC[C@H]4[C@](C)(CCC[C@]4(C)C(=O)[O-])[C@@H]2C[C@@H]1[C@H]1C(=O)CCC(=O)[C@H]13. The summed E-state index contributed by atoms with van der Waals surface area (Å²) in [5.41, 5.74) is 0.216. The standard InChI is InChI=1S/C26H36O4/c1-14(2)16-13-26-11-8-19-24(3,9-5-10-25(19,4)23(29)30)20(26)12-15(16)21-17(27)6-7-18(28)22(21)26/h13-15,19-22H,5-12H2,1-4H3,(H,29,30)/p-1/t15-,19-,20-,21-,22+,24-,25-,26-/m0/s1. The molecule has 6 rings (SSSR count). The molecular weight excluding hydrogens is 376 g/mol. The highest BCUT2D eigenvalue weighted by Crippen LogP contribution is 2.74. The molecule has 0 heterocycles. The minimum Gasteiger partial charge on any atom is -0.550 e. The van der Waals surface area contributed by atoms with Crippen LogP contribution < -0.4 is 5.11 Å². The molecule has 0 aromatic rings. The van der Waals surface area contributed by atoms with Crippen molar-refractivity contribution in [3.63, 3.8) is 0 Å². The first-order chi connectivity index (χ1) is 14.1. The van der Waals surface area contributed by atoms with Crippen molar-refractivity contribution in [2.75, 3.05) is 0 Å². The monoisotopic (exact) mass is 411 g/mol. The number of fused-ring (bicyclic) bond motifs is 1. The zero-order valence-electron chi connectivity index (χ0n) is 18.8. The summed E-state index contributed by atoms with van der Waals surface area (Å²) in [7, 11) is 0. The third-order valence-electron chi connectivity index (χ3n) is 10.5. The lowest BCUT2D eigenvalue weighted by Crippen LogP contribution is -2.67. The average molecular weight is 412 g/mol. The molecule has 164 valence electrons. The second-order valence-corrected chi connectivity index (χ2v) is 11.9. The summed E-state index contributed by atoms with van der Waals surface area (Å²) in [6, 6.07) is 0. The van der Waals surface area contributed by atoms with Gasteiger partial charge in [0, 0.05) is 41.5 Å². The fourth-order valence-electron chi connectivity index (χ4n) is 9.33. The molecular formula is C26H35O4-. The van der Waals surface area contributed by atoms with E-state index in [2.05, 4.69) is 26.8 Å². The van der Waals surface area contributed by atoms with E-state index in [-0.39, 0.29) is 46.2 Å². The van der Waals surface area contributed by atoms with Gasteiger partial charge < -0.3 is 9.90 Å². The maximum absolute atomic E-state index is 13.3. The quantitative estimate of drug-likeness (QED) is 0.649. The summed E-state index contributed by atoms with van der Waals surface area (Å²) in [4.78, 5) is 38.6. The van der Waals surface area contributed by atoms with Gasteiger partial charge in [0.2, 0.25) is 0 Å². The molecule has 1 spiro atoms. The van der Waals surface area contributed by atoms with Crippen LogP contribution in [0.1, 0.15) is 79.1 Å². The molecule has 0 aromatic carbocycles. The second-order valence-electron chi connectivity index (χ2n) is 11.9. The first-order valence-corrected chi connectivity index (χ1v) is 12.1. The molecule has 6 aliphatic rings. The molecule has 4 saturated carbocycles. The first kappa shape index (κ1) is 20.5. The Balaban J connectivity index is 1.67. The molecule has 30 heavy (non-hydrogen) atoms. The highest BCUT2D eigenvalue weighted by molar-refractivity contribution is 5.98. The van der Waals surface area contributed by atoms with E-state index in [0.29, 0.717) is 31.0 Å². The summed E-state index contributed by atoms with van der Waals surface area (Å²) in [6.45, 7) is 8.63. The van der Waals surface area contributed by atoms with E-state index in [1.807, 2.05) is 6.92 Å². The third kappa shape index (κ3) is 2.31. The third-order valence-corrected chi connectivity index (χ3v) is 10.5. The number of hydrogen-bond acceptors (Lipinski definition) is 4. The number of carboxylic acid groups (broad SMARTS) is 1. The molecule has 4 heteroatoms. The first-order valence-electron chi connectivity index (χ1n) is 12.1. The Morgan fingerprint density at radius 1 is 1.07 bits per heavy atom. The summed E-state index contributed by atoms with van der Waals surface area (Å²) < 4.78 is 0. The molecule has 8 atom stereocenters. The molecule has 0 amide bonds. The van der Waals surface area contributed by atoms with Gasteiger partial charge in [-0.2, -0.15) is 0 Å². The number of allylic oxidation sites excluding steroid dienone is 2. The van der Waals surface area contributed by atoms with Crippen molar-refractivity contribution in [2.24, 2.45) is 51.8 Å². The van der Waals surface area contributed by atoms with Crippen LogP contribution >= 0.6 is 0 Å². The number of hydrogen-bond donors (Lipinski definition) is 0. The van der Waals surface area contributed by atoms with E-state index < -0.39 is 11.4 Å². The number of Topliss-reactive ketones (excluding diaryl/α,β-unsaturated/α-hetero) is 2. The van der Waals surface area contributed by atoms with Gasteiger partial charge in [-0.25, -0.2) is 0 Å². The van der Waals surface area contributed by atoms with Gasteiger partial charge in [-0.1, -0.05) is 45.8 Å². The molecule has 0 aliphatic heterocycles. The van der Waals surface area contributed by atoms with E-state index >= 15 is 0 Å². The Hall–Kier alpha value is -1.45. The van der Waals surface area contributed by atoms with Crippen molar-refractivity contribution in [3.8, 4) is 0 Å². The fourth-order valence-corrected chi connectivity index (χ4v) is 9.33. The number of carbonyl (C=O) groups is 3. The summed E-state index contributed by atoms with van der Waals surface area (Å²) >= 11 is 0. The lowest BCUT2D eigenvalue weighted by Gasteiger charge is -2.70. The molecule has 0 saturated heterocycles. The van der Waals surface area contributed by atoms with Gasteiger partial charge >= 0.3 is 0 Å². The average Bonchev–Trinajstić information content (AvgIpc) is 2.69. The lowest BCUT2D eigenvalue weighted by atomic mass is 9.33. The van der Waals surface area contributed by atoms with Gasteiger partial charge in [-0.15, -0.1) is 0 Å². The smallest absolute Gasteiger partial charge is 0.138 e.